The van der Waals surface area contributed by atoms with Gasteiger partial charge in [0.05, 0.1) is 21.2 Å². The Morgan fingerprint density at radius 2 is 1.76 bits per heavy atom. The summed E-state index contributed by atoms with van der Waals surface area (Å²) in [7, 11) is -4.30. The monoisotopic (exact) mass is 448 g/mol. The highest BCUT2D eigenvalue weighted by Gasteiger charge is 2.35. The first-order valence-electron chi connectivity index (χ1n) is 8.69. The van der Waals surface area contributed by atoms with Gasteiger partial charge in [0.2, 0.25) is 5.91 Å². The summed E-state index contributed by atoms with van der Waals surface area (Å²) < 4.78 is 66.7. The highest BCUT2D eigenvalue weighted by molar-refractivity contribution is 7.92. The molecule has 0 radical (unpaired) electrons. The van der Waals surface area contributed by atoms with E-state index in [9.17, 15) is 26.4 Å². The molecule has 1 amide bonds. The van der Waals surface area contributed by atoms with Gasteiger partial charge in [-0.15, -0.1) is 0 Å². The second-order valence-electron chi connectivity index (χ2n) is 6.34. The van der Waals surface area contributed by atoms with E-state index in [1.54, 1.807) is 19.1 Å². The van der Waals surface area contributed by atoms with Crippen LogP contribution in [0.5, 0.6) is 0 Å². The van der Waals surface area contributed by atoms with Crippen molar-refractivity contribution < 1.29 is 26.4 Å². The summed E-state index contributed by atoms with van der Waals surface area (Å²) in [6, 6.07) is 8.51. The van der Waals surface area contributed by atoms with Gasteiger partial charge in [-0.2, -0.15) is 13.2 Å². The molecule has 1 N–H and O–H groups in total. The number of aryl methyl sites for hydroxylation is 1. The van der Waals surface area contributed by atoms with Crippen LogP contribution in [0.4, 0.5) is 18.9 Å². The zero-order valence-electron chi connectivity index (χ0n) is 15.8. The Morgan fingerprint density at radius 3 is 2.31 bits per heavy atom. The van der Waals surface area contributed by atoms with Crippen molar-refractivity contribution in [3.63, 3.8) is 0 Å². The molecule has 0 bridgehead atoms. The molecule has 0 spiro atoms. The van der Waals surface area contributed by atoms with Crippen molar-refractivity contribution >= 4 is 33.2 Å². The third-order valence-corrected chi connectivity index (χ3v) is 6.13. The highest BCUT2D eigenvalue weighted by atomic mass is 35.5. The number of alkyl halides is 3. The van der Waals surface area contributed by atoms with Gasteiger partial charge in [-0.1, -0.05) is 36.2 Å². The van der Waals surface area contributed by atoms with Crippen molar-refractivity contribution in [2.24, 2.45) is 0 Å². The second-order valence-corrected chi connectivity index (χ2v) is 8.61. The van der Waals surface area contributed by atoms with E-state index in [0.29, 0.717) is 23.3 Å². The van der Waals surface area contributed by atoms with Gasteiger partial charge in [-0.25, -0.2) is 8.42 Å². The second kappa shape index (κ2) is 9.04. The molecule has 2 aromatic rings. The largest absolute Gasteiger partial charge is 0.417 e. The van der Waals surface area contributed by atoms with Crippen LogP contribution in [0.15, 0.2) is 47.4 Å². The zero-order chi connectivity index (χ0) is 21.8. The number of amides is 1. The van der Waals surface area contributed by atoms with Crippen molar-refractivity contribution in [1.29, 1.82) is 0 Å². The van der Waals surface area contributed by atoms with Gasteiger partial charge >= 0.3 is 6.18 Å². The smallest absolute Gasteiger partial charge is 0.355 e. The minimum absolute atomic E-state index is 0.144. The molecule has 0 atom stereocenters. The van der Waals surface area contributed by atoms with Crippen LogP contribution in [0.25, 0.3) is 0 Å². The molecule has 0 heterocycles. The Bertz CT molecular complexity index is 977. The number of halogens is 4. The Labute approximate surface area is 172 Å². The Kier molecular flexibility index (Phi) is 7.18. The fourth-order valence-electron chi connectivity index (χ4n) is 2.49. The fraction of sp³-hybridized carbons (Fsp3) is 0.316. The number of benzene rings is 2. The lowest BCUT2D eigenvalue weighted by Gasteiger charge is -2.25. The normalized spacial score (nSPS) is 11.9. The number of nitrogens with zero attached hydrogens (tertiary/aromatic N) is 1. The van der Waals surface area contributed by atoms with Crippen LogP contribution in [0.2, 0.25) is 5.02 Å². The van der Waals surface area contributed by atoms with E-state index < -0.39 is 39.2 Å². The lowest BCUT2D eigenvalue weighted by atomic mass is 10.2. The summed E-state index contributed by atoms with van der Waals surface area (Å²) in [4.78, 5) is 12.1. The van der Waals surface area contributed by atoms with Gasteiger partial charge in [0, 0.05) is 6.54 Å². The van der Waals surface area contributed by atoms with E-state index >= 15 is 0 Å². The van der Waals surface area contributed by atoms with Gasteiger partial charge in [-0.05, 0) is 43.7 Å². The predicted molar refractivity (Wildman–Crippen MR) is 105 cm³/mol. The molecule has 0 aliphatic carbocycles. The van der Waals surface area contributed by atoms with Crippen molar-refractivity contribution in [2.75, 3.05) is 17.4 Å². The molecule has 2 rings (SSSR count). The van der Waals surface area contributed by atoms with Crippen molar-refractivity contribution in [2.45, 2.75) is 31.3 Å². The van der Waals surface area contributed by atoms with Crippen LogP contribution >= 0.6 is 11.6 Å². The summed E-state index contributed by atoms with van der Waals surface area (Å²) in [6.45, 7) is 3.22. The van der Waals surface area contributed by atoms with Crippen LogP contribution in [0, 0.1) is 6.92 Å². The Hall–Kier alpha value is -2.26. The van der Waals surface area contributed by atoms with E-state index in [1.165, 1.54) is 12.1 Å². The van der Waals surface area contributed by atoms with Gasteiger partial charge in [0.15, 0.2) is 0 Å². The van der Waals surface area contributed by atoms with Gasteiger partial charge in [0.25, 0.3) is 10.0 Å². The standard InChI is InChI=1S/C19H20ClF3N2O3S/c1-3-10-24-18(26)12-25(29(27,28)15-7-4-13(2)5-8-15)14-6-9-17(20)16(11-14)19(21,22)23/h4-9,11H,3,10,12H2,1-2H3,(H,24,26). The quantitative estimate of drug-likeness (QED) is 0.683. The molecule has 0 aliphatic rings. The minimum Gasteiger partial charge on any atom is -0.355 e. The van der Waals surface area contributed by atoms with Gasteiger partial charge in [0.1, 0.15) is 6.54 Å². The summed E-state index contributed by atoms with van der Waals surface area (Å²) >= 11 is 5.64. The molecule has 0 fully saturated rings. The maximum absolute atomic E-state index is 13.3. The van der Waals surface area contributed by atoms with Crippen molar-refractivity contribution in [3.05, 3.63) is 58.6 Å². The molecular weight excluding hydrogens is 429 g/mol. The Balaban J connectivity index is 2.56. The van der Waals surface area contributed by atoms with Gasteiger partial charge < -0.3 is 5.32 Å². The molecule has 2 aromatic carbocycles. The molecule has 0 unspecified atom stereocenters. The summed E-state index contributed by atoms with van der Waals surface area (Å²) in [6.07, 6.45) is -4.16. The van der Waals surface area contributed by atoms with Crippen LogP contribution in [-0.2, 0) is 21.0 Å². The summed E-state index contributed by atoms with van der Waals surface area (Å²) in [5, 5.41) is 1.96. The first-order chi connectivity index (χ1) is 13.5. The third-order valence-electron chi connectivity index (χ3n) is 4.01. The summed E-state index contributed by atoms with van der Waals surface area (Å²) in [5.74, 6) is -0.633. The molecule has 0 saturated heterocycles. The topological polar surface area (TPSA) is 66.5 Å². The van der Waals surface area contributed by atoms with E-state index in [0.717, 1.165) is 17.7 Å². The minimum atomic E-state index is -4.78. The number of hydrogen-bond donors (Lipinski definition) is 1. The predicted octanol–water partition coefficient (Wildman–Crippen LogP) is 4.39. The Morgan fingerprint density at radius 1 is 1.14 bits per heavy atom. The maximum atomic E-state index is 13.3. The van der Waals surface area contributed by atoms with Crippen LogP contribution in [0.1, 0.15) is 24.5 Å². The van der Waals surface area contributed by atoms with Crippen LogP contribution in [0.3, 0.4) is 0 Å². The van der Waals surface area contributed by atoms with E-state index in [1.807, 2.05) is 6.92 Å². The van der Waals surface area contributed by atoms with E-state index in [4.69, 9.17) is 11.6 Å². The maximum Gasteiger partial charge on any atom is 0.417 e. The van der Waals surface area contributed by atoms with Crippen molar-refractivity contribution in [1.82, 2.24) is 5.32 Å². The average molecular weight is 449 g/mol. The molecule has 10 heteroatoms. The number of carbonyl (C=O) groups is 1. The first-order valence-corrected chi connectivity index (χ1v) is 10.5. The lowest BCUT2D eigenvalue weighted by Crippen LogP contribution is -2.41. The third kappa shape index (κ3) is 5.63. The molecule has 0 aromatic heterocycles. The molecule has 29 heavy (non-hydrogen) atoms. The number of sulfonamides is 1. The SMILES string of the molecule is CCCNC(=O)CN(c1ccc(Cl)c(C(F)(F)F)c1)S(=O)(=O)c1ccc(C)cc1. The van der Waals surface area contributed by atoms with E-state index in [-0.39, 0.29) is 10.6 Å². The van der Waals surface area contributed by atoms with Crippen LogP contribution < -0.4 is 9.62 Å². The molecule has 0 aliphatic heterocycles. The number of anilines is 1. The molecule has 5 nitrogen and oxygen atoms in total. The van der Waals surface area contributed by atoms with Gasteiger partial charge in [-0.3, -0.25) is 9.10 Å². The molecule has 0 saturated carbocycles. The number of rotatable bonds is 7. The average Bonchev–Trinajstić information content (AvgIpc) is 2.64. The fourth-order valence-corrected chi connectivity index (χ4v) is 4.13. The summed E-state index contributed by atoms with van der Waals surface area (Å²) in [5.41, 5.74) is -0.689. The van der Waals surface area contributed by atoms with Crippen molar-refractivity contribution in [3.8, 4) is 0 Å². The number of nitrogens with one attached hydrogen (secondary N) is 1. The molecule has 158 valence electrons. The van der Waals surface area contributed by atoms with Crippen LogP contribution in [-0.4, -0.2) is 27.4 Å². The zero-order valence-corrected chi connectivity index (χ0v) is 17.3. The number of hydrogen-bond acceptors (Lipinski definition) is 3. The first kappa shape index (κ1) is 23.0. The molecular formula is C19H20ClF3N2O3S. The number of carbonyl (C=O) groups excluding carboxylic acids is 1. The lowest BCUT2D eigenvalue weighted by molar-refractivity contribution is -0.137. The van der Waals surface area contributed by atoms with E-state index in [2.05, 4.69) is 5.32 Å². The highest BCUT2D eigenvalue weighted by Crippen LogP contribution is 2.38.